The summed E-state index contributed by atoms with van der Waals surface area (Å²) in [5.41, 5.74) is 0.618. The molecule has 90 valence electrons. The molecular weight excluding hydrogens is 232 g/mol. The molecule has 0 saturated heterocycles. The number of benzene rings is 1. The number of hydrogen-bond acceptors (Lipinski definition) is 4. The second-order valence-corrected chi connectivity index (χ2v) is 4.21. The molecule has 1 aliphatic rings. The van der Waals surface area contributed by atoms with Crippen LogP contribution < -0.4 is 0 Å². The Bertz CT molecular complexity index is 612. The third-order valence-electron chi connectivity index (χ3n) is 3.17. The van der Waals surface area contributed by atoms with Crippen LogP contribution in [-0.4, -0.2) is 22.8 Å². The maximum Gasteiger partial charge on any atom is 0.193 e. The topological polar surface area (TPSA) is 67.5 Å². The molecule has 1 aliphatic carbocycles. The molecule has 1 N–H and O–H groups in total. The Labute approximate surface area is 103 Å². The van der Waals surface area contributed by atoms with Crippen molar-refractivity contribution in [3.8, 4) is 0 Å². The molecule has 2 unspecified atom stereocenters. The van der Waals surface area contributed by atoms with Gasteiger partial charge in [0.05, 0.1) is 6.26 Å². The van der Waals surface area contributed by atoms with Crippen LogP contribution in [0.4, 0.5) is 0 Å². The molecular formula is C14H10O4. The minimum absolute atomic E-state index is 0.276. The summed E-state index contributed by atoms with van der Waals surface area (Å²) in [5.74, 6) is -1.35. The van der Waals surface area contributed by atoms with Crippen LogP contribution in [0.5, 0.6) is 0 Å². The third-order valence-corrected chi connectivity index (χ3v) is 3.17. The second kappa shape index (κ2) is 3.92. The highest BCUT2D eigenvalue weighted by Gasteiger charge is 2.42. The van der Waals surface area contributed by atoms with Crippen LogP contribution >= 0.6 is 0 Å². The lowest BCUT2D eigenvalue weighted by Gasteiger charge is -2.25. The van der Waals surface area contributed by atoms with E-state index >= 15 is 0 Å². The minimum Gasteiger partial charge on any atom is -0.468 e. The highest BCUT2D eigenvalue weighted by molar-refractivity contribution is 6.18. The highest BCUT2D eigenvalue weighted by Crippen LogP contribution is 2.33. The van der Waals surface area contributed by atoms with Gasteiger partial charge in [-0.2, -0.15) is 0 Å². The zero-order valence-corrected chi connectivity index (χ0v) is 9.37. The quantitative estimate of drug-likeness (QED) is 0.828. The number of hydrogen-bond donors (Lipinski definition) is 1. The number of aliphatic hydroxyl groups is 1. The van der Waals surface area contributed by atoms with Gasteiger partial charge in [0, 0.05) is 11.1 Å². The molecule has 4 nitrogen and oxygen atoms in total. The van der Waals surface area contributed by atoms with Crippen LogP contribution in [0.15, 0.2) is 47.1 Å². The molecule has 0 fully saturated rings. The van der Waals surface area contributed by atoms with Gasteiger partial charge < -0.3 is 9.52 Å². The van der Waals surface area contributed by atoms with Crippen LogP contribution in [0.2, 0.25) is 0 Å². The standard InChI is InChI=1S/C14H10O4/c15-12-8-4-1-2-5-9(8)13(16)14(17)11(12)10-6-3-7-18-10/h1-7,11,14,17H. The summed E-state index contributed by atoms with van der Waals surface area (Å²) < 4.78 is 5.14. The van der Waals surface area contributed by atoms with E-state index in [2.05, 4.69) is 0 Å². The average Bonchev–Trinajstić information content (AvgIpc) is 2.90. The molecule has 0 aliphatic heterocycles. The van der Waals surface area contributed by atoms with E-state index < -0.39 is 17.8 Å². The monoisotopic (exact) mass is 242 g/mol. The molecule has 3 rings (SSSR count). The van der Waals surface area contributed by atoms with Crippen molar-refractivity contribution >= 4 is 11.6 Å². The molecule has 1 aromatic heterocycles. The summed E-state index contributed by atoms with van der Waals surface area (Å²) in [5, 5.41) is 10.00. The Balaban J connectivity index is 2.16. The van der Waals surface area contributed by atoms with Gasteiger partial charge in [-0.05, 0) is 12.1 Å². The van der Waals surface area contributed by atoms with Gasteiger partial charge in [-0.3, -0.25) is 9.59 Å². The lowest BCUT2D eigenvalue weighted by molar-refractivity contribution is 0.0576. The lowest BCUT2D eigenvalue weighted by atomic mass is 9.78. The largest absolute Gasteiger partial charge is 0.468 e. The highest BCUT2D eigenvalue weighted by atomic mass is 16.3. The summed E-state index contributed by atoms with van der Waals surface area (Å²) in [6.07, 6.45) is 0.0406. The van der Waals surface area contributed by atoms with Crippen LogP contribution in [0, 0.1) is 0 Å². The van der Waals surface area contributed by atoms with Crippen LogP contribution in [-0.2, 0) is 0 Å². The van der Waals surface area contributed by atoms with Gasteiger partial charge >= 0.3 is 0 Å². The van der Waals surface area contributed by atoms with E-state index in [0.29, 0.717) is 11.3 Å². The van der Waals surface area contributed by atoms with Crippen molar-refractivity contribution in [2.24, 2.45) is 0 Å². The number of ketones is 2. The molecule has 1 heterocycles. The number of fused-ring (bicyclic) bond motifs is 1. The van der Waals surface area contributed by atoms with Crippen molar-refractivity contribution in [3.63, 3.8) is 0 Å². The van der Waals surface area contributed by atoms with E-state index in [0.717, 1.165) is 0 Å². The molecule has 1 aromatic carbocycles. The van der Waals surface area contributed by atoms with Crippen molar-refractivity contribution < 1.29 is 19.1 Å². The number of carbonyl (C=O) groups is 2. The molecule has 18 heavy (non-hydrogen) atoms. The summed E-state index contributed by atoms with van der Waals surface area (Å²) >= 11 is 0. The first-order valence-corrected chi connectivity index (χ1v) is 5.59. The number of furan rings is 1. The molecule has 2 atom stereocenters. The van der Waals surface area contributed by atoms with E-state index in [4.69, 9.17) is 4.42 Å². The first-order chi connectivity index (χ1) is 8.70. The van der Waals surface area contributed by atoms with E-state index in [-0.39, 0.29) is 11.3 Å². The number of aliphatic hydroxyl groups excluding tert-OH is 1. The van der Waals surface area contributed by atoms with Crippen LogP contribution in [0.25, 0.3) is 0 Å². The maximum atomic E-state index is 12.3. The first-order valence-electron chi connectivity index (χ1n) is 5.59. The van der Waals surface area contributed by atoms with Gasteiger partial charge in [0.2, 0.25) is 0 Å². The summed E-state index contributed by atoms with van der Waals surface area (Å²) in [6, 6.07) is 9.73. The molecule has 0 spiro atoms. The predicted molar refractivity (Wildman–Crippen MR) is 62.6 cm³/mol. The minimum atomic E-state index is -1.38. The SMILES string of the molecule is O=C1c2ccccc2C(=O)C(c2ccco2)C1O. The average molecular weight is 242 g/mol. The third kappa shape index (κ3) is 1.43. The van der Waals surface area contributed by atoms with Crippen molar-refractivity contribution in [1.82, 2.24) is 0 Å². The van der Waals surface area contributed by atoms with E-state index in [1.165, 1.54) is 6.26 Å². The Kier molecular flexibility index (Phi) is 2.38. The predicted octanol–water partition coefficient (Wildman–Crippen LogP) is 1.80. The number of Topliss-reactive ketones (excluding diaryl/α,β-unsaturated/α-hetero) is 2. The van der Waals surface area contributed by atoms with Crippen molar-refractivity contribution in [1.29, 1.82) is 0 Å². The number of carbonyl (C=O) groups excluding carboxylic acids is 2. The molecule has 0 amide bonds. The molecule has 2 aromatic rings. The lowest BCUT2D eigenvalue weighted by Crippen LogP contribution is -2.38. The zero-order valence-electron chi connectivity index (χ0n) is 9.37. The Morgan fingerprint density at radius 3 is 2.22 bits per heavy atom. The Morgan fingerprint density at radius 1 is 0.944 bits per heavy atom. The van der Waals surface area contributed by atoms with Crippen LogP contribution in [0.1, 0.15) is 32.4 Å². The van der Waals surface area contributed by atoms with Gasteiger partial charge in [0.25, 0.3) is 0 Å². The fourth-order valence-corrected chi connectivity index (χ4v) is 2.29. The van der Waals surface area contributed by atoms with E-state index in [1.54, 1.807) is 36.4 Å². The fraction of sp³-hybridized carbons (Fsp3) is 0.143. The number of rotatable bonds is 1. The van der Waals surface area contributed by atoms with Gasteiger partial charge in [0.15, 0.2) is 11.6 Å². The summed E-state index contributed by atoms with van der Waals surface area (Å²) in [6.45, 7) is 0. The molecule has 4 heteroatoms. The first kappa shape index (κ1) is 10.9. The molecule has 0 bridgehead atoms. The normalized spacial score (nSPS) is 22.9. The summed E-state index contributed by atoms with van der Waals surface area (Å²) in [7, 11) is 0. The van der Waals surface area contributed by atoms with Gasteiger partial charge in [-0.1, -0.05) is 24.3 Å². The van der Waals surface area contributed by atoms with E-state index in [9.17, 15) is 14.7 Å². The molecule has 0 radical (unpaired) electrons. The maximum absolute atomic E-state index is 12.3. The fourth-order valence-electron chi connectivity index (χ4n) is 2.29. The smallest absolute Gasteiger partial charge is 0.193 e. The van der Waals surface area contributed by atoms with Crippen molar-refractivity contribution in [3.05, 3.63) is 59.5 Å². The van der Waals surface area contributed by atoms with Gasteiger partial charge in [-0.15, -0.1) is 0 Å². The Hall–Kier alpha value is -2.20. The second-order valence-electron chi connectivity index (χ2n) is 4.21. The zero-order chi connectivity index (χ0) is 12.7. The van der Waals surface area contributed by atoms with Gasteiger partial charge in [-0.25, -0.2) is 0 Å². The van der Waals surface area contributed by atoms with Crippen molar-refractivity contribution in [2.75, 3.05) is 0 Å². The van der Waals surface area contributed by atoms with Gasteiger partial charge in [0.1, 0.15) is 17.8 Å². The van der Waals surface area contributed by atoms with Crippen molar-refractivity contribution in [2.45, 2.75) is 12.0 Å². The molecule has 0 saturated carbocycles. The van der Waals surface area contributed by atoms with E-state index in [1.807, 2.05) is 0 Å². The Morgan fingerprint density at radius 2 is 1.61 bits per heavy atom. The summed E-state index contributed by atoms with van der Waals surface area (Å²) in [4.78, 5) is 24.3. The van der Waals surface area contributed by atoms with Crippen LogP contribution in [0.3, 0.4) is 0 Å².